The van der Waals surface area contributed by atoms with Gasteiger partial charge in [-0.3, -0.25) is 0 Å². The first-order valence-corrected chi connectivity index (χ1v) is 6.15. The van der Waals surface area contributed by atoms with Gasteiger partial charge >= 0.3 is 5.97 Å². The summed E-state index contributed by atoms with van der Waals surface area (Å²) in [4.78, 5) is 13.3. The molecule has 1 aromatic heterocycles. The Labute approximate surface area is 110 Å². The molecular weight excluding hydrogens is 256 g/mol. The summed E-state index contributed by atoms with van der Waals surface area (Å²) in [5.74, 6) is -0.773. The Bertz CT molecular complexity index is 455. The van der Waals surface area contributed by atoms with Crippen LogP contribution in [-0.4, -0.2) is 52.4 Å². The Kier molecular flexibility index (Phi) is 3.98. The molecule has 2 N–H and O–H groups in total. The van der Waals surface area contributed by atoms with Crippen molar-refractivity contribution in [2.75, 3.05) is 25.5 Å². The van der Waals surface area contributed by atoms with Gasteiger partial charge in [0.1, 0.15) is 5.56 Å². The van der Waals surface area contributed by atoms with Gasteiger partial charge in [-0.05, 0) is 32.5 Å². The molecule has 0 aromatic carbocycles. The lowest BCUT2D eigenvalue weighted by atomic mass is 10.1. The van der Waals surface area contributed by atoms with Crippen LogP contribution in [0.25, 0.3) is 0 Å². The van der Waals surface area contributed by atoms with E-state index in [-0.39, 0.29) is 22.6 Å². The van der Waals surface area contributed by atoms with Gasteiger partial charge in [-0.25, -0.2) is 4.79 Å². The highest BCUT2D eigenvalue weighted by Gasteiger charge is 2.20. The maximum absolute atomic E-state index is 11.1. The van der Waals surface area contributed by atoms with Crippen molar-refractivity contribution in [3.05, 3.63) is 16.8 Å². The van der Waals surface area contributed by atoms with Gasteiger partial charge in [0.2, 0.25) is 0 Å². The number of aromatic carboxylic acids is 1. The molecule has 6 nitrogen and oxygen atoms in total. The first-order chi connectivity index (χ1) is 8.56. The molecule has 1 unspecified atom stereocenters. The summed E-state index contributed by atoms with van der Waals surface area (Å²) in [6.45, 7) is 1.93. The molecule has 1 aliphatic heterocycles. The normalized spacial score (nSPS) is 20.7. The van der Waals surface area contributed by atoms with Crippen molar-refractivity contribution in [3.8, 4) is 0 Å². The van der Waals surface area contributed by atoms with E-state index in [0.717, 1.165) is 25.9 Å². The average Bonchev–Trinajstić information content (AvgIpc) is 2.31. The minimum Gasteiger partial charge on any atom is -0.478 e. The topological polar surface area (TPSA) is 78.3 Å². The monoisotopic (exact) mass is 270 g/mol. The van der Waals surface area contributed by atoms with Gasteiger partial charge in [0.05, 0.1) is 0 Å². The summed E-state index contributed by atoms with van der Waals surface area (Å²) in [6.07, 6.45) is 2.07. The number of likely N-dealkylation sites (N-methyl/N-ethyl adjacent to an activating group) is 1. The molecule has 2 heterocycles. The van der Waals surface area contributed by atoms with Crippen molar-refractivity contribution in [1.29, 1.82) is 0 Å². The number of nitrogens with zero attached hydrogens (tertiary/aromatic N) is 3. The molecule has 0 amide bonds. The average molecular weight is 271 g/mol. The highest BCUT2D eigenvalue weighted by Crippen LogP contribution is 2.19. The summed E-state index contributed by atoms with van der Waals surface area (Å²) < 4.78 is 0. The second-order valence-corrected chi connectivity index (χ2v) is 4.87. The molecule has 1 aliphatic rings. The third kappa shape index (κ3) is 3.08. The molecule has 1 aromatic rings. The molecule has 0 aliphatic carbocycles. The molecule has 2 rings (SSSR count). The van der Waals surface area contributed by atoms with Crippen molar-refractivity contribution >= 4 is 23.4 Å². The number of anilines is 1. The molecule has 0 radical (unpaired) electrons. The number of hydrogen-bond acceptors (Lipinski definition) is 5. The molecular formula is C11H15ClN4O2. The molecule has 0 saturated carbocycles. The Morgan fingerprint density at radius 2 is 2.39 bits per heavy atom. The van der Waals surface area contributed by atoms with Gasteiger partial charge in [0.15, 0.2) is 11.0 Å². The Morgan fingerprint density at radius 3 is 3.06 bits per heavy atom. The van der Waals surface area contributed by atoms with Gasteiger partial charge in [-0.15, -0.1) is 10.2 Å². The minimum atomic E-state index is -1.06. The summed E-state index contributed by atoms with van der Waals surface area (Å²) >= 11 is 5.65. The van der Waals surface area contributed by atoms with Crippen molar-refractivity contribution < 1.29 is 9.90 Å². The van der Waals surface area contributed by atoms with Crippen LogP contribution in [-0.2, 0) is 0 Å². The number of nitrogens with one attached hydrogen (secondary N) is 1. The molecule has 1 saturated heterocycles. The number of carbonyl (C=O) groups is 1. The van der Waals surface area contributed by atoms with Gasteiger partial charge in [-0.1, -0.05) is 11.6 Å². The Hall–Kier alpha value is -1.40. The molecule has 1 atom stereocenters. The maximum atomic E-state index is 11.1. The van der Waals surface area contributed by atoms with Gasteiger partial charge in [-0.2, -0.15) is 0 Å². The first-order valence-electron chi connectivity index (χ1n) is 5.78. The van der Waals surface area contributed by atoms with E-state index < -0.39 is 5.97 Å². The number of carboxylic acid groups (broad SMARTS) is 1. The third-order valence-electron chi connectivity index (χ3n) is 2.96. The molecule has 0 bridgehead atoms. The Balaban J connectivity index is 2.15. The zero-order chi connectivity index (χ0) is 13.1. The van der Waals surface area contributed by atoms with E-state index in [1.54, 1.807) is 0 Å². The minimum absolute atomic E-state index is 0.0585. The van der Waals surface area contributed by atoms with Crippen molar-refractivity contribution in [3.63, 3.8) is 0 Å². The predicted octanol–water partition coefficient (Wildman–Crippen LogP) is 1.33. The molecule has 1 fully saturated rings. The second-order valence-electron chi connectivity index (χ2n) is 4.48. The van der Waals surface area contributed by atoms with E-state index in [9.17, 15) is 4.79 Å². The van der Waals surface area contributed by atoms with E-state index in [1.165, 1.54) is 6.07 Å². The van der Waals surface area contributed by atoms with E-state index in [4.69, 9.17) is 16.7 Å². The molecule has 0 spiro atoms. The van der Waals surface area contributed by atoms with Crippen molar-refractivity contribution in [2.45, 2.75) is 18.9 Å². The highest BCUT2D eigenvalue weighted by atomic mass is 35.5. The largest absolute Gasteiger partial charge is 0.478 e. The first kappa shape index (κ1) is 13.0. The SMILES string of the molecule is CN1CCCC(Nc2nnc(Cl)cc2C(=O)O)C1. The fraction of sp³-hybridized carbons (Fsp3) is 0.545. The number of halogens is 1. The maximum Gasteiger partial charge on any atom is 0.339 e. The number of aromatic nitrogens is 2. The zero-order valence-corrected chi connectivity index (χ0v) is 10.8. The molecule has 7 heteroatoms. The fourth-order valence-electron chi connectivity index (χ4n) is 2.12. The van der Waals surface area contributed by atoms with Crippen LogP contribution in [0.4, 0.5) is 5.82 Å². The predicted molar refractivity (Wildman–Crippen MR) is 68.1 cm³/mol. The number of rotatable bonds is 3. The van der Waals surface area contributed by atoms with Gasteiger partial charge in [0, 0.05) is 12.6 Å². The number of hydrogen-bond donors (Lipinski definition) is 2. The number of piperidine rings is 1. The van der Waals surface area contributed by atoms with E-state index in [2.05, 4.69) is 20.4 Å². The van der Waals surface area contributed by atoms with Crippen LogP contribution >= 0.6 is 11.6 Å². The van der Waals surface area contributed by atoms with E-state index in [1.807, 2.05) is 7.05 Å². The smallest absolute Gasteiger partial charge is 0.339 e. The summed E-state index contributed by atoms with van der Waals surface area (Å²) in [7, 11) is 2.04. The van der Waals surface area contributed by atoms with Crippen LogP contribution in [0, 0.1) is 0 Å². The van der Waals surface area contributed by atoms with Crippen LogP contribution in [0.3, 0.4) is 0 Å². The quantitative estimate of drug-likeness (QED) is 0.863. The van der Waals surface area contributed by atoms with Crippen LogP contribution < -0.4 is 5.32 Å². The van der Waals surface area contributed by atoms with Crippen LogP contribution in [0.2, 0.25) is 5.15 Å². The summed E-state index contributed by atoms with van der Waals surface area (Å²) in [5, 5.41) is 19.8. The lowest BCUT2D eigenvalue weighted by Gasteiger charge is -2.30. The van der Waals surface area contributed by atoms with Crippen LogP contribution in [0.5, 0.6) is 0 Å². The third-order valence-corrected chi connectivity index (χ3v) is 3.14. The molecule has 98 valence electrons. The van der Waals surface area contributed by atoms with Gasteiger partial charge < -0.3 is 15.3 Å². The second kappa shape index (κ2) is 5.49. The summed E-state index contributed by atoms with van der Waals surface area (Å²) in [6, 6.07) is 1.50. The van der Waals surface area contributed by atoms with E-state index >= 15 is 0 Å². The lowest BCUT2D eigenvalue weighted by Crippen LogP contribution is -2.40. The van der Waals surface area contributed by atoms with Crippen LogP contribution in [0.15, 0.2) is 6.07 Å². The number of likely N-dealkylation sites (tertiary alicyclic amines) is 1. The fourth-order valence-corrected chi connectivity index (χ4v) is 2.26. The van der Waals surface area contributed by atoms with E-state index in [0.29, 0.717) is 0 Å². The standard InChI is InChI=1S/C11H15ClN4O2/c1-16-4-2-3-7(6-16)13-10-8(11(17)18)5-9(12)14-15-10/h5,7H,2-4,6H2,1H3,(H,13,15)(H,17,18). The lowest BCUT2D eigenvalue weighted by molar-refractivity contribution is 0.0697. The van der Waals surface area contributed by atoms with Crippen molar-refractivity contribution in [1.82, 2.24) is 15.1 Å². The number of carboxylic acids is 1. The van der Waals surface area contributed by atoms with Crippen LogP contribution in [0.1, 0.15) is 23.2 Å². The van der Waals surface area contributed by atoms with Gasteiger partial charge in [0.25, 0.3) is 0 Å². The van der Waals surface area contributed by atoms with Crippen molar-refractivity contribution in [2.24, 2.45) is 0 Å². The summed E-state index contributed by atoms with van der Waals surface area (Å²) in [5.41, 5.74) is 0.0585. The Morgan fingerprint density at radius 1 is 1.61 bits per heavy atom. The molecule has 18 heavy (non-hydrogen) atoms. The zero-order valence-electron chi connectivity index (χ0n) is 10.1. The highest BCUT2D eigenvalue weighted by molar-refractivity contribution is 6.29.